The molecule has 170 valence electrons. The Balaban J connectivity index is 3.39. The minimum Gasteiger partial charge on any atom is -0.463 e. The Hall–Kier alpha value is -2.90. The van der Waals surface area contributed by atoms with Crippen molar-refractivity contribution in [2.75, 3.05) is 6.61 Å². The normalized spacial score (nSPS) is 26.2. The maximum absolute atomic E-state index is 12.8. The number of amides is 1. The van der Waals surface area contributed by atoms with Crippen LogP contribution in [0.15, 0.2) is 0 Å². The van der Waals surface area contributed by atoms with Gasteiger partial charge in [0.2, 0.25) is 6.29 Å². The third-order valence-corrected chi connectivity index (χ3v) is 3.54. The molecule has 11 nitrogen and oxygen atoms in total. The lowest BCUT2D eigenvalue weighted by Crippen LogP contribution is -2.67. The van der Waals surface area contributed by atoms with E-state index >= 15 is 0 Å². The molecule has 1 aliphatic rings. The van der Waals surface area contributed by atoms with E-state index in [0.29, 0.717) is 0 Å². The fourth-order valence-corrected chi connectivity index (χ4v) is 2.55. The van der Waals surface area contributed by atoms with Gasteiger partial charge in [0.05, 0.1) is 0 Å². The van der Waals surface area contributed by atoms with Crippen molar-refractivity contribution >= 4 is 29.8 Å². The molecule has 1 heterocycles. The summed E-state index contributed by atoms with van der Waals surface area (Å²) < 4.78 is 63.2. The molecule has 0 unspecified atom stereocenters. The van der Waals surface area contributed by atoms with E-state index in [0.717, 1.165) is 27.7 Å². The van der Waals surface area contributed by atoms with Gasteiger partial charge in [0.15, 0.2) is 12.2 Å². The lowest BCUT2D eigenvalue weighted by Gasteiger charge is -2.44. The third kappa shape index (κ3) is 7.50. The summed E-state index contributed by atoms with van der Waals surface area (Å²) in [5, 5.41) is 1.52. The van der Waals surface area contributed by atoms with Gasteiger partial charge >= 0.3 is 36.0 Å². The SMILES string of the molecule is CC(=O)OC[C@H]1O[C@H](OC(C)=O)[C@H](NC(=O)C(F)(F)F)[C@@H](OC(C)=O)[C@@H]1OC(C)=O. The van der Waals surface area contributed by atoms with Crippen LogP contribution in [0.3, 0.4) is 0 Å². The lowest BCUT2D eigenvalue weighted by molar-refractivity contribution is -0.272. The molecule has 0 aromatic heterocycles. The predicted molar refractivity (Wildman–Crippen MR) is 86.2 cm³/mol. The number of halogens is 3. The van der Waals surface area contributed by atoms with Crippen LogP contribution in [0.5, 0.6) is 0 Å². The second kappa shape index (κ2) is 10.2. The molecular formula is C16H20F3NO10. The van der Waals surface area contributed by atoms with Crippen molar-refractivity contribution in [3.63, 3.8) is 0 Å². The molecule has 14 heteroatoms. The minimum atomic E-state index is -5.34. The summed E-state index contributed by atoms with van der Waals surface area (Å²) >= 11 is 0. The van der Waals surface area contributed by atoms with Gasteiger partial charge in [-0.25, -0.2) is 0 Å². The van der Waals surface area contributed by atoms with Crippen LogP contribution in [-0.4, -0.2) is 73.2 Å². The van der Waals surface area contributed by atoms with Crippen molar-refractivity contribution in [1.82, 2.24) is 5.32 Å². The summed E-state index contributed by atoms with van der Waals surface area (Å²) in [7, 11) is 0. The van der Waals surface area contributed by atoms with Gasteiger partial charge in [0.25, 0.3) is 0 Å². The zero-order chi connectivity index (χ0) is 23.2. The summed E-state index contributed by atoms with van der Waals surface area (Å²) in [6.45, 7) is 3.22. The van der Waals surface area contributed by atoms with Crippen molar-refractivity contribution in [3.05, 3.63) is 0 Å². The van der Waals surface area contributed by atoms with E-state index in [4.69, 9.17) is 23.7 Å². The molecule has 1 saturated heterocycles. The zero-order valence-corrected chi connectivity index (χ0v) is 16.3. The second-order valence-corrected chi connectivity index (χ2v) is 6.10. The third-order valence-electron chi connectivity index (χ3n) is 3.54. The maximum atomic E-state index is 12.8. The fraction of sp³-hybridized carbons (Fsp3) is 0.688. The van der Waals surface area contributed by atoms with E-state index in [1.54, 1.807) is 0 Å². The quantitative estimate of drug-likeness (QED) is 0.431. The zero-order valence-electron chi connectivity index (χ0n) is 16.3. The van der Waals surface area contributed by atoms with E-state index in [9.17, 15) is 37.1 Å². The number of carbonyl (C=O) groups is 5. The first-order valence-corrected chi connectivity index (χ1v) is 8.40. The molecule has 0 spiro atoms. The van der Waals surface area contributed by atoms with E-state index in [1.165, 1.54) is 5.32 Å². The fourth-order valence-electron chi connectivity index (χ4n) is 2.55. The molecule has 1 amide bonds. The van der Waals surface area contributed by atoms with Gasteiger partial charge in [-0.05, 0) is 0 Å². The predicted octanol–water partition coefficient (Wildman–Crippen LogP) is -0.252. The molecule has 1 N–H and O–H groups in total. The van der Waals surface area contributed by atoms with Gasteiger partial charge in [0, 0.05) is 27.7 Å². The highest BCUT2D eigenvalue weighted by atomic mass is 19.4. The number of ether oxygens (including phenoxy) is 5. The number of nitrogens with one attached hydrogen (secondary N) is 1. The Kier molecular flexibility index (Phi) is 8.57. The minimum absolute atomic E-state index is 0.594. The second-order valence-electron chi connectivity index (χ2n) is 6.10. The van der Waals surface area contributed by atoms with Gasteiger partial charge < -0.3 is 29.0 Å². The topological polar surface area (TPSA) is 144 Å². The van der Waals surface area contributed by atoms with Gasteiger partial charge in [0.1, 0.15) is 18.8 Å². The van der Waals surface area contributed by atoms with Crippen LogP contribution < -0.4 is 5.32 Å². The first-order chi connectivity index (χ1) is 13.7. The summed E-state index contributed by atoms with van der Waals surface area (Å²) in [5.41, 5.74) is 0. The monoisotopic (exact) mass is 443 g/mol. The standard InChI is InChI=1S/C16H20F3NO10/c1-6(21)26-5-10-12(27-7(2)22)13(28-8(3)23)11(14(30-10)29-9(4)24)20-15(25)16(17,18)19/h10-14H,5H2,1-4H3,(H,20,25)/t10-,11-,12-,13-,14+/m1/s1. The summed E-state index contributed by atoms with van der Waals surface area (Å²) in [5.74, 6) is -6.20. The Morgan fingerprint density at radius 3 is 1.77 bits per heavy atom. The number of rotatable bonds is 6. The molecule has 5 atom stereocenters. The van der Waals surface area contributed by atoms with Crippen molar-refractivity contribution in [1.29, 1.82) is 0 Å². The smallest absolute Gasteiger partial charge is 0.463 e. The van der Waals surface area contributed by atoms with Crippen LogP contribution in [0, 0.1) is 0 Å². The molecule has 0 aliphatic carbocycles. The first-order valence-electron chi connectivity index (χ1n) is 8.40. The van der Waals surface area contributed by atoms with E-state index in [2.05, 4.69) is 0 Å². The number of hydrogen-bond acceptors (Lipinski definition) is 10. The highest BCUT2D eigenvalue weighted by molar-refractivity contribution is 5.82. The Labute approximate surface area is 168 Å². The van der Waals surface area contributed by atoms with Crippen molar-refractivity contribution in [3.8, 4) is 0 Å². The first kappa shape index (κ1) is 25.1. The maximum Gasteiger partial charge on any atom is 0.471 e. The average Bonchev–Trinajstić information content (AvgIpc) is 2.56. The molecule has 0 saturated carbocycles. The molecular weight excluding hydrogens is 423 g/mol. The van der Waals surface area contributed by atoms with Crippen molar-refractivity contribution < 1.29 is 60.8 Å². The van der Waals surface area contributed by atoms with E-state index in [1.807, 2.05) is 0 Å². The molecule has 0 bridgehead atoms. The van der Waals surface area contributed by atoms with Crippen LogP contribution >= 0.6 is 0 Å². The van der Waals surface area contributed by atoms with Crippen LogP contribution in [0.25, 0.3) is 0 Å². The Morgan fingerprint density at radius 1 is 0.833 bits per heavy atom. The van der Waals surface area contributed by atoms with Crippen molar-refractivity contribution in [2.24, 2.45) is 0 Å². The molecule has 1 rings (SSSR count). The largest absolute Gasteiger partial charge is 0.471 e. The Morgan fingerprint density at radius 2 is 1.33 bits per heavy atom. The molecule has 0 aromatic rings. The summed E-state index contributed by atoms with van der Waals surface area (Å²) in [6, 6.07) is -1.91. The Bertz CT molecular complexity index is 695. The van der Waals surface area contributed by atoms with Crippen LogP contribution in [0.1, 0.15) is 27.7 Å². The van der Waals surface area contributed by atoms with E-state index < -0.39 is 73.2 Å². The van der Waals surface area contributed by atoms with E-state index in [-0.39, 0.29) is 0 Å². The van der Waals surface area contributed by atoms with Gasteiger partial charge in [-0.1, -0.05) is 0 Å². The van der Waals surface area contributed by atoms with Crippen LogP contribution in [0.2, 0.25) is 0 Å². The average molecular weight is 443 g/mol. The van der Waals surface area contributed by atoms with Crippen LogP contribution in [0.4, 0.5) is 13.2 Å². The van der Waals surface area contributed by atoms with Gasteiger partial charge in [-0.15, -0.1) is 0 Å². The summed E-state index contributed by atoms with van der Waals surface area (Å²) in [4.78, 5) is 57.0. The number of hydrogen-bond donors (Lipinski definition) is 1. The van der Waals surface area contributed by atoms with Crippen molar-refractivity contribution in [2.45, 2.75) is 64.5 Å². The molecule has 0 aromatic carbocycles. The number of esters is 4. The lowest BCUT2D eigenvalue weighted by atomic mass is 9.96. The molecule has 30 heavy (non-hydrogen) atoms. The highest BCUT2D eigenvalue weighted by Gasteiger charge is 2.54. The molecule has 1 fully saturated rings. The van der Waals surface area contributed by atoms with Gasteiger partial charge in [-0.2, -0.15) is 13.2 Å². The molecule has 0 radical (unpaired) electrons. The van der Waals surface area contributed by atoms with Crippen LogP contribution in [-0.2, 0) is 47.7 Å². The highest BCUT2D eigenvalue weighted by Crippen LogP contribution is 2.29. The summed E-state index contributed by atoms with van der Waals surface area (Å²) in [6.07, 6.45) is -12.0. The number of carbonyl (C=O) groups excluding carboxylic acids is 5. The van der Waals surface area contributed by atoms with Gasteiger partial charge in [-0.3, -0.25) is 24.0 Å². The molecule has 1 aliphatic heterocycles. The number of alkyl halides is 3.